The average molecular weight is 520 g/mol. The van der Waals surface area contributed by atoms with Crippen molar-refractivity contribution in [1.29, 1.82) is 0 Å². The smallest absolute Gasteiger partial charge is 0.225 e. The molecule has 1 unspecified atom stereocenters. The van der Waals surface area contributed by atoms with Crippen LogP contribution in [0.3, 0.4) is 0 Å². The Morgan fingerprint density at radius 1 is 1.21 bits per heavy atom. The predicted octanol–water partition coefficient (Wildman–Crippen LogP) is 3.47. The Bertz CT molecular complexity index is 710. The lowest BCUT2D eigenvalue weighted by Crippen LogP contribution is -2.46. The van der Waals surface area contributed by atoms with Gasteiger partial charge in [-0.2, -0.15) is 0 Å². The summed E-state index contributed by atoms with van der Waals surface area (Å²) in [5.41, 5.74) is 0.341. The number of nitrogens with zero attached hydrogens (tertiary/aromatic N) is 2. The molecule has 0 spiro atoms. The molecular weight excluding hydrogens is 489 g/mol. The molecule has 1 saturated carbocycles. The molecule has 1 aliphatic heterocycles. The van der Waals surface area contributed by atoms with Crippen LogP contribution in [-0.4, -0.2) is 49.5 Å². The summed E-state index contributed by atoms with van der Waals surface area (Å²) in [4.78, 5) is 18.9. The Balaban J connectivity index is 0.00000300. The van der Waals surface area contributed by atoms with Gasteiger partial charge in [0.05, 0.1) is 0 Å². The van der Waals surface area contributed by atoms with E-state index in [0.29, 0.717) is 36.9 Å². The standard InChI is InChI=1S/C21H30F2N4O.HI/c1-24-21(25-12-10-15-8-5-9-18(22)19(15)23)26-17-11-13-27(14-17)20(28)16-6-3-2-4-7-16;/h5,8-9,16-17H,2-4,6-7,10-14H2,1H3,(H2,24,25,26);1H. The molecule has 8 heteroatoms. The average Bonchev–Trinajstić information content (AvgIpc) is 3.19. The largest absolute Gasteiger partial charge is 0.356 e. The van der Waals surface area contributed by atoms with Crippen molar-refractivity contribution < 1.29 is 13.6 Å². The second-order valence-electron chi connectivity index (χ2n) is 7.71. The molecule has 2 N–H and O–H groups in total. The molecule has 1 aromatic carbocycles. The summed E-state index contributed by atoms with van der Waals surface area (Å²) >= 11 is 0. The Kier molecular flexibility index (Phi) is 9.58. The van der Waals surface area contributed by atoms with E-state index in [4.69, 9.17) is 0 Å². The van der Waals surface area contributed by atoms with Crippen molar-refractivity contribution >= 4 is 35.8 Å². The zero-order valence-corrected chi connectivity index (χ0v) is 19.3. The van der Waals surface area contributed by atoms with Gasteiger partial charge in [0.1, 0.15) is 0 Å². The first-order chi connectivity index (χ1) is 13.6. The van der Waals surface area contributed by atoms with Crippen LogP contribution in [0, 0.1) is 17.6 Å². The van der Waals surface area contributed by atoms with Crippen LogP contribution in [-0.2, 0) is 11.2 Å². The van der Waals surface area contributed by atoms with Gasteiger partial charge in [-0.1, -0.05) is 31.4 Å². The molecule has 1 atom stereocenters. The van der Waals surface area contributed by atoms with Crippen LogP contribution >= 0.6 is 24.0 Å². The highest BCUT2D eigenvalue weighted by Gasteiger charge is 2.31. The maximum atomic E-state index is 13.7. The van der Waals surface area contributed by atoms with Gasteiger partial charge >= 0.3 is 0 Å². The van der Waals surface area contributed by atoms with E-state index in [9.17, 15) is 13.6 Å². The lowest BCUT2D eigenvalue weighted by molar-refractivity contribution is -0.135. The van der Waals surface area contributed by atoms with Crippen molar-refractivity contribution in [2.24, 2.45) is 10.9 Å². The minimum atomic E-state index is -0.825. The van der Waals surface area contributed by atoms with Crippen LogP contribution in [0.25, 0.3) is 0 Å². The van der Waals surface area contributed by atoms with E-state index in [1.165, 1.54) is 12.5 Å². The number of hydrogen-bond acceptors (Lipinski definition) is 2. The van der Waals surface area contributed by atoms with E-state index in [0.717, 1.165) is 44.7 Å². The van der Waals surface area contributed by atoms with Gasteiger partial charge in [-0.3, -0.25) is 9.79 Å². The third-order valence-corrected chi connectivity index (χ3v) is 5.74. The number of halogens is 3. The third kappa shape index (κ3) is 6.52. The number of hydrogen-bond donors (Lipinski definition) is 2. The highest BCUT2D eigenvalue weighted by atomic mass is 127. The first kappa shape index (κ1) is 23.8. The van der Waals surface area contributed by atoms with E-state index in [2.05, 4.69) is 15.6 Å². The number of likely N-dealkylation sites (tertiary alicyclic amines) is 1. The van der Waals surface area contributed by atoms with Crippen LogP contribution < -0.4 is 10.6 Å². The van der Waals surface area contributed by atoms with E-state index >= 15 is 0 Å². The molecule has 5 nitrogen and oxygen atoms in total. The van der Waals surface area contributed by atoms with Gasteiger partial charge in [0.15, 0.2) is 17.6 Å². The summed E-state index contributed by atoms with van der Waals surface area (Å²) in [5, 5.41) is 6.49. The van der Waals surface area contributed by atoms with Crippen molar-refractivity contribution in [2.75, 3.05) is 26.7 Å². The molecule has 1 aromatic rings. The van der Waals surface area contributed by atoms with Crippen LogP contribution in [0.4, 0.5) is 8.78 Å². The molecule has 0 bridgehead atoms. The molecule has 1 amide bonds. The fraction of sp³-hybridized carbons (Fsp3) is 0.619. The van der Waals surface area contributed by atoms with Crippen molar-refractivity contribution in [3.8, 4) is 0 Å². The summed E-state index contributed by atoms with van der Waals surface area (Å²) < 4.78 is 27.0. The Morgan fingerprint density at radius 2 is 1.97 bits per heavy atom. The van der Waals surface area contributed by atoms with Gasteiger partial charge in [-0.25, -0.2) is 8.78 Å². The summed E-state index contributed by atoms with van der Waals surface area (Å²) in [5.74, 6) is -0.498. The van der Waals surface area contributed by atoms with E-state index in [-0.39, 0.29) is 35.9 Å². The first-order valence-corrected chi connectivity index (χ1v) is 10.3. The molecule has 2 fully saturated rings. The van der Waals surface area contributed by atoms with Gasteiger partial charge in [-0.05, 0) is 37.3 Å². The second kappa shape index (κ2) is 11.7. The predicted molar refractivity (Wildman–Crippen MR) is 122 cm³/mol. The molecule has 0 radical (unpaired) electrons. The van der Waals surface area contributed by atoms with Gasteiger partial charge in [0, 0.05) is 38.6 Å². The highest BCUT2D eigenvalue weighted by molar-refractivity contribution is 14.0. The summed E-state index contributed by atoms with van der Waals surface area (Å²) in [7, 11) is 1.68. The molecule has 29 heavy (non-hydrogen) atoms. The van der Waals surface area contributed by atoms with Crippen LogP contribution in [0.15, 0.2) is 23.2 Å². The zero-order chi connectivity index (χ0) is 19.9. The van der Waals surface area contributed by atoms with E-state index in [1.54, 1.807) is 13.1 Å². The normalized spacial score (nSPS) is 20.3. The fourth-order valence-electron chi connectivity index (χ4n) is 4.13. The minimum Gasteiger partial charge on any atom is -0.356 e. The molecule has 0 aromatic heterocycles. The van der Waals surface area contributed by atoms with Crippen LogP contribution in [0.5, 0.6) is 0 Å². The van der Waals surface area contributed by atoms with E-state index in [1.807, 2.05) is 4.90 Å². The molecule has 2 aliphatic rings. The Labute approximate surface area is 188 Å². The lowest BCUT2D eigenvalue weighted by Gasteiger charge is -2.26. The number of guanidine groups is 1. The molecule has 1 aliphatic carbocycles. The first-order valence-electron chi connectivity index (χ1n) is 10.3. The Hall–Kier alpha value is -1.45. The summed E-state index contributed by atoms with van der Waals surface area (Å²) in [6, 6.07) is 4.37. The highest BCUT2D eigenvalue weighted by Crippen LogP contribution is 2.26. The number of benzene rings is 1. The summed E-state index contributed by atoms with van der Waals surface area (Å²) in [6.45, 7) is 1.91. The maximum absolute atomic E-state index is 13.7. The van der Waals surface area contributed by atoms with Gasteiger partial charge in [0.25, 0.3) is 0 Å². The fourth-order valence-corrected chi connectivity index (χ4v) is 4.13. The number of amides is 1. The maximum Gasteiger partial charge on any atom is 0.225 e. The topological polar surface area (TPSA) is 56.7 Å². The Morgan fingerprint density at radius 3 is 2.69 bits per heavy atom. The number of nitrogens with one attached hydrogen (secondary N) is 2. The lowest BCUT2D eigenvalue weighted by atomic mass is 9.88. The van der Waals surface area contributed by atoms with Crippen LogP contribution in [0.2, 0.25) is 0 Å². The van der Waals surface area contributed by atoms with Crippen molar-refractivity contribution in [1.82, 2.24) is 15.5 Å². The molecule has 3 rings (SSSR count). The minimum absolute atomic E-state index is 0. The van der Waals surface area contributed by atoms with Gasteiger partial charge in [0.2, 0.25) is 5.91 Å². The third-order valence-electron chi connectivity index (χ3n) is 5.74. The van der Waals surface area contributed by atoms with Crippen LogP contribution in [0.1, 0.15) is 44.1 Å². The van der Waals surface area contributed by atoms with Gasteiger partial charge in [-0.15, -0.1) is 24.0 Å². The molecule has 1 heterocycles. The second-order valence-corrected chi connectivity index (χ2v) is 7.71. The monoisotopic (exact) mass is 520 g/mol. The molecular formula is C21H31F2IN4O. The van der Waals surface area contributed by atoms with Gasteiger partial charge < -0.3 is 15.5 Å². The molecule has 1 saturated heterocycles. The molecule has 162 valence electrons. The number of rotatable bonds is 5. The van der Waals surface area contributed by atoms with Crippen molar-refractivity contribution in [2.45, 2.75) is 51.0 Å². The number of carbonyl (C=O) groups excluding carboxylic acids is 1. The summed E-state index contributed by atoms with van der Waals surface area (Å²) in [6.07, 6.45) is 6.86. The SMILES string of the molecule is CN=C(NCCc1cccc(F)c1F)NC1CCN(C(=O)C2CCCCC2)C1.I. The number of aliphatic imine (C=N–C) groups is 1. The quantitative estimate of drug-likeness (QED) is 0.355. The van der Waals surface area contributed by atoms with Crippen molar-refractivity contribution in [3.05, 3.63) is 35.4 Å². The van der Waals surface area contributed by atoms with E-state index < -0.39 is 11.6 Å². The van der Waals surface area contributed by atoms with Crippen molar-refractivity contribution in [3.63, 3.8) is 0 Å². The zero-order valence-electron chi connectivity index (χ0n) is 16.9. The number of carbonyl (C=O) groups is 1.